The number of aromatic nitrogens is 3. The number of thiophene rings is 2. The first-order valence-electron chi connectivity index (χ1n) is 25.3. The molecule has 402 valence electrons. The molecule has 0 radical (unpaired) electrons. The SMILES string of the molecule is Cc1ccsc1-c1ccc(CNC(=O)[C@@H]2C[C@@H](O)CN2C(=O)[C@@H](NC(=O)COCCCOCCCOc2ccc(NC(=O)C[C@@H]3N=C(c4ccc(Cl)cc4)c4c(sc(C)c4C)-n4c(C)nnc43)c(F)c2)C(C)(C)C)cc1. The van der Waals surface area contributed by atoms with Gasteiger partial charge in [-0.05, 0) is 97.5 Å². The van der Waals surface area contributed by atoms with Crippen molar-refractivity contribution >= 4 is 69.3 Å². The molecule has 4 amide bonds. The number of β-amino-alcohol motifs (C(OH)–C–C–N with tert-alkyl or cyclic N) is 1. The Morgan fingerprint density at radius 3 is 2.30 bits per heavy atom. The van der Waals surface area contributed by atoms with Crippen LogP contribution in [-0.4, -0.2) is 112 Å². The van der Waals surface area contributed by atoms with Gasteiger partial charge in [0, 0.05) is 77.7 Å². The number of halogens is 2. The standard InChI is InChI=1S/C56H64ClFN8O8S2/c1-32-20-25-75-50(32)38-12-10-36(11-13-38)29-59-53(70)45-26-40(67)30-65(45)54(71)51(56(5,6)7)62-47(69)31-73-23-8-21-72-22-9-24-74-41-18-19-43(42(58)27-41)60-46(68)28-44-52-64-63-35(4)66(52)55-48(33(2)34(3)76-55)49(61-44)37-14-16-39(57)17-15-37/h10-20,25,27,40,44-45,51,67H,8-9,21-24,26,28-31H2,1-7H3,(H,59,70)(H,60,68)(H,62,69)/t40-,44+,45+,51-/m1/s1. The van der Waals surface area contributed by atoms with Gasteiger partial charge in [-0.25, -0.2) is 4.39 Å². The lowest BCUT2D eigenvalue weighted by molar-refractivity contribution is -0.144. The molecule has 20 heteroatoms. The van der Waals surface area contributed by atoms with Crippen LogP contribution in [0.4, 0.5) is 10.1 Å². The number of aryl methyl sites for hydroxylation is 3. The van der Waals surface area contributed by atoms with Crippen LogP contribution in [0.5, 0.6) is 5.75 Å². The van der Waals surface area contributed by atoms with Crippen LogP contribution in [0.25, 0.3) is 15.4 Å². The first-order chi connectivity index (χ1) is 36.4. The van der Waals surface area contributed by atoms with Crippen LogP contribution < -0.4 is 20.7 Å². The molecule has 5 heterocycles. The summed E-state index contributed by atoms with van der Waals surface area (Å²) in [6.45, 7) is 14.7. The average molecular weight is 1100 g/mol. The highest BCUT2D eigenvalue weighted by molar-refractivity contribution is 7.15. The number of anilines is 1. The summed E-state index contributed by atoms with van der Waals surface area (Å²) in [5, 5.41) is 31.4. The monoisotopic (exact) mass is 1090 g/mol. The molecule has 6 aromatic rings. The van der Waals surface area contributed by atoms with E-state index < -0.39 is 53.2 Å². The maximum atomic E-state index is 15.4. The number of nitrogens with one attached hydrogen (secondary N) is 3. The van der Waals surface area contributed by atoms with Gasteiger partial charge < -0.3 is 40.2 Å². The van der Waals surface area contributed by atoms with Gasteiger partial charge in [-0.3, -0.25) is 28.7 Å². The number of hydrogen-bond donors (Lipinski definition) is 4. The van der Waals surface area contributed by atoms with Crippen molar-refractivity contribution in [3.05, 3.63) is 133 Å². The number of rotatable bonds is 21. The van der Waals surface area contributed by atoms with Crippen molar-refractivity contribution in [3.8, 4) is 21.2 Å². The molecule has 1 fully saturated rings. The number of fused-ring (bicyclic) bond motifs is 3. The fourth-order valence-corrected chi connectivity index (χ4v) is 11.4. The van der Waals surface area contributed by atoms with Gasteiger partial charge in [0.15, 0.2) is 5.82 Å². The zero-order chi connectivity index (χ0) is 54.3. The number of aliphatic imine (C=N–C) groups is 1. The van der Waals surface area contributed by atoms with E-state index in [9.17, 15) is 24.3 Å². The highest BCUT2D eigenvalue weighted by atomic mass is 35.5. The molecule has 4 N–H and O–H groups in total. The molecule has 0 bridgehead atoms. The van der Waals surface area contributed by atoms with Crippen LogP contribution in [0.1, 0.15) is 96.8 Å². The van der Waals surface area contributed by atoms with Crippen LogP contribution in [0.2, 0.25) is 5.02 Å². The Morgan fingerprint density at radius 2 is 1.61 bits per heavy atom. The summed E-state index contributed by atoms with van der Waals surface area (Å²) >= 11 is 9.52. The third kappa shape index (κ3) is 13.4. The molecule has 2 aliphatic heterocycles. The maximum Gasteiger partial charge on any atom is 0.246 e. The zero-order valence-corrected chi connectivity index (χ0v) is 46.1. The van der Waals surface area contributed by atoms with Gasteiger partial charge >= 0.3 is 0 Å². The minimum atomic E-state index is -0.980. The Balaban J connectivity index is 0.734. The number of benzene rings is 3. The zero-order valence-electron chi connectivity index (χ0n) is 43.7. The van der Waals surface area contributed by atoms with Gasteiger partial charge in [-0.2, -0.15) is 0 Å². The molecule has 3 aromatic carbocycles. The van der Waals surface area contributed by atoms with Crippen molar-refractivity contribution in [1.29, 1.82) is 0 Å². The molecule has 4 atom stereocenters. The van der Waals surface area contributed by atoms with Gasteiger partial charge in [0.2, 0.25) is 23.6 Å². The lowest BCUT2D eigenvalue weighted by atomic mass is 9.85. The Hall–Kier alpha value is -6.35. The molecule has 0 saturated carbocycles. The Bertz CT molecular complexity index is 3080. The second-order valence-electron chi connectivity index (χ2n) is 20.1. The second kappa shape index (κ2) is 24.8. The number of ether oxygens (including phenoxy) is 3. The van der Waals surface area contributed by atoms with E-state index in [0.29, 0.717) is 54.2 Å². The van der Waals surface area contributed by atoms with Gasteiger partial charge in [-0.15, -0.1) is 32.9 Å². The second-order valence-corrected chi connectivity index (χ2v) is 22.7. The van der Waals surface area contributed by atoms with Crippen molar-refractivity contribution in [2.75, 3.05) is 44.9 Å². The summed E-state index contributed by atoms with van der Waals surface area (Å²) < 4.78 is 34.4. The first-order valence-corrected chi connectivity index (χ1v) is 27.4. The minimum Gasteiger partial charge on any atom is -0.493 e. The number of amides is 4. The Labute approximate surface area is 455 Å². The largest absolute Gasteiger partial charge is 0.493 e. The fourth-order valence-electron chi connectivity index (χ4n) is 9.15. The molecule has 76 heavy (non-hydrogen) atoms. The molecule has 0 aliphatic carbocycles. The van der Waals surface area contributed by atoms with E-state index in [2.05, 4.69) is 58.4 Å². The number of carbonyl (C=O) groups excluding carboxylic acids is 4. The quantitative estimate of drug-likeness (QED) is 0.0505. The topological polar surface area (TPSA) is 199 Å². The van der Waals surface area contributed by atoms with Gasteiger partial charge in [-0.1, -0.05) is 68.8 Å². The van der Waals surface area contributed by atoms with Crippen molar-refractivity contribution in [2.24, 2.45) is 10.4 Å². The normalized spacial score (nSPS) is 16.6. The van der Waals surface area contributed by atoms with E-state index in [-0.39, 0.29) is 57.3 Å². The molecule has 1 saturated heterocycles. The lowest BCUT2D eigenvalue weighted by Crippen LogP contribution is -2.58. The smallest absolute Gasteiger partial charge is 0.246 e. The van der Waals surface area contributed by atoms with Crippen molar-refractivity contribution in [1.82, 2.24) is 30.3 Å². The predicted octanol–water partition coefficient (Wildman–Crippen LogP) is 9.01. The molecule has 3 aromatic heterocycles. The predicted molar refractivity (Wildman–Crippen MR) is 293 cm³/mol. The number of carbonyl (C=O) groups is 4. The molecular weight excluding hydrogens is 1030 g/mol. The van der Waals surface area contributed by atoms with E-state index >= 15 is 4.39 Å². The van der Waals surface area contributed by atoms with Gasteiger partial charge in [0.25, 0.3) is 0 Å². The lowest BCUT2D eigenvalue weighted by Gasteiger charge is -2.35. The number of aliphatic hydroxyl groups excluding tert-OH is 1. The van der Waals surface area contributed by atoms with Crippen molar-refractivity contribution in [3.63, 3.8) is 0 Å². The average Bonchev–Trinajstić information content (AvgIpc) is 4.16. The number of likely N-dealkylation sites (tertiary alicyclic amines) is 1. The molecule has 2 aliphatic rings. The van der Waals surface area contributed by atoms with E-state index in [1.807, 2.05) is 68.7 Å². The summed E-state index contributed by atoms with van der Waals surface area (Å²) in [6.07, 6.45) is 0.102. The number of aliphatic hydroxyl groups is 1. The molecule has 8 rings (SSSR count). The van der Waals surface area contributed by atoms with Crippen LogP contribution in [0, 0.1) is 38.9 Å². The van der Waals surface area contributed by atoms with Gasteiger partial charge in [0.05, 0.1) is 30.5 Å². The highest BCUT2D eigenvalue weighted by Gasteiger charge is 2.44. The van der Waals surface area contributed by atoms with E-state index in [1.54, 1.807) is 40.9 Å². The molecule has 16 nitrogen and oxygen atoms in total. The number of nitrogens with zero attached hydrogens (tertiary/aromatic N) is 5. The van der Waals surface area contributed by atoms with Crippen molar-refractivity contribution in [2.45, 2.75) is 105 Å². The first kappa shape index (κ1) is 55.9. The summed E-state index contributed by atoms with van der Waals surface area (Å²) in [5.74, 6) is -0.963. The molecular formula is C56H64ClFN8O8S2. The van der Waals surface area contributed by atoms with Crippen molar-refractivity contribution < 1.29 is 42.9 Å². The summed E-state index contributed by atoms with van der Waals surface area (Å²) in [4.78, 5) is 62.9. The Morgan fingerprint density at radius 1 is 0.895 bits per heavy atom. The third-order valence-electron chi connectivity index (χ3n) is 13.3. The Kier molecular flexibility index (Phi) is 18.2. The van der Waals surface area contributed by atoms with Crippen LogP contribution in [0.15, 0.2) is 83.2 Å². The minimum absolute atomic E-state index is 0.00198. The summed E-state index contributed by atoms with van der Waals surface area (Å²) in [7, 11) is 0. The van der Waals surface area contributed by atoms with Gasteiger partial charge in [0.1, 0.15) is 47.1 Å². The summed E-state index contributed by atoms with van der Waals surface area (Å²) in [6, 6.07) is 19.1. The summed E-state index contributed by atoms with van der Waals surface area (Å²) in [5.41, 5.74) is 6.05. The highest BCUT2D eigenvalue weighted by Crippen LogP contribution is 2.40. The third-order valence-corrected chi connectivity index (χ3v) is 15.8. The van der Waals surface area contributed by atoms with Crippen LogP contribution in [0.3, 0.4) is 0 Å². The fraction of sp³-hybridized carbons (Fsp3) is 0.411. The van der Waals surface area contributed by atoms with E-state index in [4.69, 9.17) is 30.8 Å². The van der Waals surface area contributed by atoms with E-state index in [0.717, 1.165) is 37.7 Å². The van der Waals surface area contributed by atoms with Crippen LogP contribution in [-0.2, 0) is 35.2 Å². The molecule has 0 unspecified atom stereocenters. The molecule has 0 spiro atoms. The maximum absolute atomic E-state index is 15.4. The van der Waals surface area contributed by atoms with E-state index in [1.165, 1.54) is 27.5 Å². The number of hydrogen-bond acceptors (Lipinski definition) is 13. The van der Waals surface area contributed by atoms with Crippen LogP contribution >= 0.6 is 34.3 Å².